The molecule has 0 aliphatic heterocycles. The molecule has 7 heteroatoms. The summed E-state index contributed by atoms with van der Waals surface area (Å²) in [6.45, 7) is 5.68. The SMILES string of the molecule is C=C1C[C@]23C[C@@]1(O)CCC2C1(C=O)CCC(O)C(C)(C(=O)OC)[C@H]1C3C(=O)OC. The van der Waals surface area contributed by atoms with Gasteiger partial charge in [0, 0.05) is 11.3 Å². The molecule has 4 rings (SSSR count). The fourth-order valence-electron chi connectivity index (χ4n) is 7.90. The average molecular weight is 406 g/mol. The number of fused-ring (bicyclic) bond motifs is 3. The molecule has 0 aromatic carbocycles. The molecular weight excluding hydrogens is 376 g/mol. The van der Waals surface area contributed by atoms with Gasteiger partial charge in [0.05, 0.1) is 37.3 Å². The number of methoxy groups -OCH3 is 2. The highest BCUT2D eigenvalue weighted by Gasteiger charge is 2.79. The Bertz CT molecular complexity index is 792. The second-order valence-electron chi connectivity index (χ2n) is 9.85. The number of ether oxygens (including phenoxy) is 2. The molecule has 0 aromatic heterocycles. The third kappa shape index (κ3) is 2.18. The van der Waals surface area contributed by atoms with Gasteiger partial charge in [-0.2, -0.15) is 0 Å². The minimum atomic E-state index is -1.43. The summed E-state index contributed by atoms with van der Waals surface area (Å²) in [5.41, 5.74) is -3.51. The lowest BCUT2D eigenvalue weighted by Gasteiger charge is -2.51. The zero-order valence-electron chi connectivity index (χ0n) is 17.3. The Balaban J connectivity index is 2.00. The summed E-state index contributed by atoms with van der Waals surface area (Å²) in [6, 6.07) is 0. The van der Waals surface area contributed by atoms with Crippen molar-refractivity contribution in [3.8, 4) is 0 Å². The Morgan fingerprint density at radius 3 is 2.48 bits per heavy atom. The van der Waals surface area contributed by atoms with Crippen LogP contribution in [0.5, 0.6) is 0 Å². The summed E-state index contributed by atoms with van der Waals surface area (Å²) in [4.78, 5) is 38.9. The number of aliphatic hydroxyl groups is 2. The van der Waals surface area contributed by atoms with Crippen LogP contribution in [0.4, 0.5) is 0 Å². The van der Waals surface area contributed by atoms with E-state index in [1.165, 1.54) is 14.2 Å². The van der Waals surface area contributed by atoms with Crippen molar-refractivity contribution < 1.29 is 34.1 Å². The Kier molecular flexibility index (Phi) is 4.35. The summed E-state index contributed by atoms with van der Waals surface area (Å²) in [5, 5.41) is 22.1. The minimum absolute atomic E-state index is 0.197. The van der Waals surface area contributed by atoms with Crippen molar-refractivity contribution >= 4 is 18.2 Å². The van der Waals surface area contributed by atoms with Gasteiger partial charge in [-0.05, 0) is 62.4 Å². The minimum Gasteiger partial charge on any atom is -0.469 e. The highest BCUT2D eigenvalue weighted by molar-refractivity contribution is 5.84. The summed E-state index contributed by atoms with van der Waals surface area (Å²) in [7, 11) is 2.55. The molecule has 0 saturated heterocycles. The van der Waals surface area contributed by atoms with Crippen molar-refractivity contribution in [1.29, 1.82) is 0 Å². The highest BCUT2D eigenvalue weighted by Crippen LogP contribution is 2.77. The molecule has 7 nitrogen and oxygen atoms in total. The lowest BCUT2D eigenvalue weighted by Crippen LogP contribution is -2.59. The number of rotatable bonds is 3. The molecule has 4 fully saturated rings. The first-order valence-corrected chi connectivity index (χ1v) is 10.3. The maximum Gasteiger partial charge on any atom is 0.314 e. The zero-order valence-corrected chi connectivity index (χ0v) is 17.3. The molecule has 2 N–H and O–H groups in total. The second kappa shape index (κ2) is 6.14. The molecule has 2 bridgehead atoms. The van der Waals surface area contributed by atoms with Crippen LogP contribution in [-0.4, -0.2) is 54.4 Å². The summed E-state index contributed by atoms with van der Waals surface area (Å²) in [6.07, 6.45) is 2.30. The van der Waals surface area contributed by atoms with Crippen molar-refractivity contribution in [3.05, 3.63) is 12.2 Å². The van der Waals surface area contributed by atoms with Crippen LogP contribution in [0, 0.1) is 34.0 Å². The highest BCUT2D eigenvalue weighted by atomic mass is 16.5. The van der Waals surface area contributed by atoms with Crippen molar-refractivity contribution in [2.75, 3.05) is 14.2 Å². The Labute approximate surface area is 170 Å². The molecule has 4 saturated carbocycles. The van der Waals surface area contributed by atoms with Crippen LogP contribution in [0.25, 0.3) is 0 Å². The molecule has 160 valence electrons. The van der Waals surface area contributed by atoms with Crippen molar-refractivity contribution in [2.24, 2.45) is 34.0 Å². The van der Waals surface area contributed by atoms with Gasteiger partial charge in [0.2, 0.25) is 0 Å². The first-order chi connectivity index (χ1) is 13.6. The second-order valence-corrected chi connectivity index (χ2v) is 9.85. The van der Waals surface area contributed by atoms with Gasteiger partial charge < -0.3 is 24.5 Å². The molecule has 8 atom stereocenters. The van der Waals surface area contributed by atoms with Gasteiger partial charge in [0.15, 0.2) is 0 Å². The molecule has 4 aliphatic rings. The van der Waals surface area contributed by atoms with Crippen molar-refractivity contribution in [3.63, 3.8) is 0 Å². The fourth-order valence-corrected chi connectivity index (χ4v) is 7.90. The van der Waals surface area contributed by atoms with Crippen LogP contribution in [-0.2, 0) is 23.9 Å². The number of carbonyl (C=O) groups is 3. The maximum atomic E-state index is 13.2. The van der Waals surface area contributed by atoms with Crippen LogP contribution in [0.3, 0.4) is 0 Å². The number of hydrogen-bond acceptors (Lipinski definition) is 7. The lowest BCUT2D eigenvalue weighted by molar-refractivity contribution is -0.185. The van der Waals surface area contributed by atoms with E-state index in [1.54, 1.807) is 6.92 Å². The number of carbonyl (C=O) groups excluding carboxylic acids is 3. The fraction of sp³-hybridized carbons (Fsp3) is 0.773. The molecule has 1 spiro atoms. The summed E-state index contributed by atoms with van der Waals surface area (Å²) < 4.78 is 10.2. The lowest BCUT2D eigenvalue weighted by atomic mass is 9.52. The van der Waals surface area contributed by atoms with Crippen molar-refractivity contribution in [1.82, 2.24) is 0 Å². The van der Waals surface area contributed by atoms with E-state index >= 15 is 0 Å². The van der Waals surface area contributed by atoms with Crippen LogP contribution >= 0.6 is 0 Å². The molecule has 0 heterocycles. The Morgan fingerprint density at radius 2 is 1.90 bits per heavy atom. The van der Waals surface area contributed by atoms with Gasteiger partial charge in [-0.3, -0.25) is 9.59 Å². The largest absolute Gasteiger partial charge is 0.469 e. The van der Waals surface area contributed by atoms with Gasteiger partial charge in [0.25, 0.3) is 0 Å². The molecule has 0 aromatic rings. The van der Waals surface area contributed by atoms with Crippen molar-refractivity contribution in [2.45, 2.75) is 57.2 Å². The summed E-state index contributed by atoms with van der Waals surface area (Å²) >= 11 is 0. The van der Waals surface area contributed by atoms with Crippen LogP contribution in [0.15, 0.2) is 12.2 Å². The van der Waals surface area contributed by atoms with E-state index < -0.39 is 51.7 Å². The van der Waals surface area contributed by atoms with Gasteiger partial charge >= 0.3 is 11.9 Å². The van der Waals surface area contributed by atoms with E-state index in [0.717, 1.165) is 6.29 Å². The molecule has 29 heavy (non-hydrogen) atoms. The Hall–Kier alpha value is -1.73. The van der Waals surface area contributed by atoms with E-state index in [2.05, 4.69) is 6.58 Å². The van der Waals surface area contributed by atoms with Gasteiger partial charge in [-0.1, -0.05) is 6.58 Å². The topological polar surface area (TPSA) is 110 Å². The summed E-state index contributed by atoms with van der Waals surface area (Å²) in [5.74, 6) is -2.91. The van der Waals surface area contributed by atoms with Gasteiger partial charge in [-0.25, -0.2) is 0 Å². The third-order valence-electron chi connectivity index (χ3n) is 9.03. The number of aliphatic hydroxyl groups excluding tert-OH is 1. The predicted molar refractivity (Wildman–Crippen MR) is 101 cm³/mol. The predicted octanol–water partition coefficient (Wildman–Crippen LogP) is 1.40. The van der Waals surface area contributed by atoms with Crippen LogP contribution < -0.4 is 0 Å². The molecule has 0 radical (unpaired) electrons. The average Bonchev–Trinajstić information content (AvgIpc) is 3.07. The maximum absolute atomic E-state index is 13.2. The van der Waals surface area contributed by atoms with Crippen LogP contribution in [0.1, 0.15) is 45.4 Å². The van der Waals surface area contributed by atoms with Gasteiger partial charge in [0.1, 0.15) is 6.29 Å². The molecular formula is C22H30O7. The van der Waals surface area contributed by atoms with Gasteiger partial charge in [-0.15, -0.1) is 0 Å². The quantitative estimate of drug-likeness (QED) is 0.414. The van der Waals surface area contributed by atoms with E-state index in [0.29, 0.717) is 37.7 Å². The first-order valence-electron chi connectivity index (χ1n) is 10.3. The normalized spacial score (nSPS) is 50.4. The van der Waals surface area contributed by atoms with E-state index in [-0.39, 0.29) is 12.3 Å². The standard InChI is InChI=1S/C22H30O7/c1-12-9-21-10-22(12,27)8-5-13(21)20(11-23)7-6-14(24)19(2,18(26)29-4)16(20)15(21)17(25)28-3/h11,13-16,24,27H,1,5-10H2,2-4H3/t13?,14?,15?,16-,19?,20?,21+,22+/m1/s1. The number of esters is 2. The number of hydrogen-bond donors (Lipinski definition) is 2. The molecule has 5 unspecified atom stereocenters. The first kappa shape index (κ1) is 20.5. The smallest absolute Gasteiger partial charge is 0.314 e. The molecule has 0 amide bonds. The van der Waals surface area contributed by atoms with E-state index in [9.17, 15) is 24.6 Å². The zero-order chi connectivity index (χ0) is 21.4. The van der Waals surface area contributed by atoms with E-state index in [1.807, 2.05) is 0 Å². The third-order valence-corrected chi connectivity index (χ3v) is 9.03. The Morgan fingerprint density at radius 1 is 1.21 bits per heavy atom. The van der Waals surface area contributed by atoms with Crippen LogP contribution in [0.2, 0.25) is 0 Å². The molecule has 4 aliphatic carbocycles. The number of aldehydes is 1. The monoisotopic (exact) mass is 406 g/mol. The van der Waals surface area contributed by atoms with E-state index in [4.69, 9.17) is 9.47 Å².